The number of hydrogen-bond acceptors (Lipinski definition) is 4. The molecule has 0 radical (unpaired) electrons. The zero-order valence-corrected chi connectivity index (χ0v) is 14.8. The van der Waals surface area contributed by atoms with Crippen LogP contribution < -0.4 is 5.32 Å². The van der Waals surface area contributed by atoms with E-state index in [9.17, 15) is 4.79 Å². The van der Waals surface area contributed by atoms with Crippen LogP contribution in [0.5, 0.6) is 0 Å². The van der Waals surface area contributed by atoms with Crippen molar-refractivity contribution in [2.75, 3.05) is 13.1 Å². The maximum absolute atomic E-state index is 12.3. The largest absolute Gasteiger partial charge is 0.468 e. The van der Waals surface area contributed by atoms with Crippen LogP contribution in [-0.2, 0) is 20.1 Å². The molecule has 0 saturated heterocycles. The maximum Gasteiger partial charge on any atom is 0.267 e. The van der Waals surface area contributed by atoms with Gasteiger partial charge in [-0.15, -0.1) is 0 Å². The molecule has 4 rings (SSSR count). The molecule has 1 aliphatic rings. The van der Waals surface area contributed by atoms with Gasteiger partial charge in [-0.3, -0.25) is 14.4 Å². The molecule has 0 aliphatic carbocycles. The van der Waals surface area contributed by atoms with Gasteiger partial charge in [0.25, 0.3) is 5.91 Å². The van der Waals surface area contributed by atoms with Gasteiger partial charge in [0.2, 0.25) is 0 Å². The van der Waals surface area contributed by atoms with E-state index < -0.39 is 0 Å². The lowest BCUT2D eigenvalue weighted by Gasteiger charge is -2.33. The fourth-order valence-corrected chi connectivity index (χ4v) is 3.56. The molecular weight excluding hydrogens is 330 g/mol. The highest BCUT2D eigenvalue weighted by atomic mass is 16.3. The van der Waals surface area contributed by atoms with Gasteiger partial charge >= 0.3 is 0 Å². The second-order valence-corrected chi connectivity index (χ2v) is 6.72. The number of amides is 1. The molecule has 1 unspecified atom stereocenters. The lowest BCUT2D eigenvalue weighted by atomic mass is 10.1. The van der Waals surface area contributed by atoms with Crippen LogP contribution in [0.1, 0.15) is 34.4 Å². The van der Waals surface area contributed by atoms with E-state index in [0.29, 0.717) is 12.2 Å². The summed E-state index contributed by atoms with van der Waals surface area (Å²) in [5.41, 5.74) is 1.87. The number of rotatable bonds is 6. The Morgan fingerprint density at radius 2 is 2.27 bits per heavy atom. The highest BCUT2D eigenvalue weighted by Gasteiger charge is 2.26. The Bertz CT molecular complexity index is 864. The summed E-state index contributed by atoms with van der Waals surface area (Å²) in [6, 6.07) is 9.91. The summed E-state index contributed by atoms with van der Waals surface area (Å²) in [5, 5.41) is 7.50. The molecule has 1 aliphatic heterocycles. The molecule has 0 fully saturated rings. The third-order valence-electron chi connectivity index (χ3n) is 4.85. The summed E-state index contributed by atoms with van der Waals surface area (Å²) in [6.07, 6.45) is 6.26. The second-order valence-electron chi connectivity index (χ2n) is 6.72. The SMILES string of the molecule is Cn1cccc1C(=O)NCCC1CN(Cc2ccco2)Cc2ccnn21. The average molecular weight is 353 g/mol. The standard InChI is InChI=1S/C19H23N5O2/c1-22-10-2-5-18(22)19(25)20-8-6-15-12-23(14-17-4-3-11-26-17)13-16-7-9-21-24(15)16/h2-5,7,9-11,15H,6,8,12-14H2,1H3,(H,20,25). The fourth-order valence-electron chi connectivity index (χ4n) is 3.56. The zero-order chi connectivity index (χ0) is 17.9. The van der Waals surface area contributed by atoms with E-state index in [1.165, 1.54) is 5.69 Å². The number of nitrogens with zero attached hydrogens (tertiary/aromatic N) is 4. The van der Waals surface area contributed by atoms with Gasteiger partial charge < -0.3 is 14.3 Å². The molecule has 3 aromatic rings. The van der Waals surface area contributed by atoms with Gasteiger partial charge in [-0.25, -0.2) is 0 Å². The summed E-state index contributed by atoms with van der Waals surface area (Å²) in [5.74, 6) is 0.926. The van der Waals surface area contributed by atoms with Crippen LogP contribution in [0.2, 0.25) is 0 Å². The molecule has 1 amide bonds. The normalized spacial score (nSPS) is 17.2. The first-order valence-electron chi connectivity index (χ1n) is 8.87. The molecule has 1 N–H and O–H groups in total. The first kappa shape index (κ1) is 16.7. The molecule has 136 valence electrons. The lowest BCUT2D eigenvalue weighted by Crippen LogP contribution is -2.39. The van der Waals surface area contributed by atoms with Crippen LogP contribution in [-0.4, -0.2) is 38.2 Å². The van der Waals surface area contributed by atoms with Crippen LogP contribution in [0.4, 0.5) is 0 Å². The van der Waals surface area contributed by atoms with Crippen molar-refractivity contribution in [2.45, 2.75) is 25.6 Å². The number of aryl methyl sites for hydroxylation is 1. The van der Waals surface area contributed by atoms with Crippen LogP contribution in [0.3, 0.4) is 0 Å². The molecule has 0 spiro atoms. The molecule has 0 aromatic carbocycles. The predicted molar refractivity (Wildman–Crippen MR) is 96.4 cm³/mol. The molecule has 7 nitrogen and oxygen atoms in total. The van der Waals surface area contributed by atoms with Gasteiger partial charge in [0, 0.05) is 39.1 Å². The first-order valence-corrected chi connectivity index (χ1v) is 8.87. The summed E-state index contributed by atoms with van der Waals surface area (Å²) in [7, 11) is 1.87. The Kier molecular flexibility index (Phi) is 4.62. The summed E-state index contributed by atoms with van der Waals surface area (Å²) >= 11 is 0. The van der Waals surface area contributed by atoms with Gasteiger partial charge in [-0.1, -0.05) is 0 Å². The number of nitrogens with one attached hydrogen (secondary N) is 1. The monoisotopic (exact) mass is 353 g/mol. The van der Waals surface area contributed by atoms with E-state index >= 15 is 0 Å². The predicted octanol–water partition coefficient (Wildman–Crippen LogP) is 2.19. The van der Waals surface area contributed by atoms with E-state index in [0.717, 1.165) is 31.8 Å². The van der Waals surface area contributed by atoms with Crippen molar-refractivity contribution in [3.8, 4) is 0 Å². The highest BCUT2D eigenvalue weighted by molar-refractivity contribution is 5.92. The maximum atomic E-state index is 12.3. The van der Waals surface area contributed by atoms with Gasteiger partial charge in [0.15, 0.2) is 0 Å². The van der Waals surface area contributed by atoms with Crippen molar-refractivity contribution in [1.82, 2.24) is 24.6 Å². The Morgan fingerprint density at radius 3 is 3.04 bits per heavy atom. The minimum Gasteiger partial charge on any atom is -0.468 e. The Hall–Kier alpha value is -2.80. The average Bonchev–Trinajstić information content (AvgIpc) is 3.36. The third kappa shape index (κ3) is 3.43. The van der Waals surface area contributed by atoms with Crippen molar-refractivity contribution in [3.05, 3.63) is 66.1 Å². The van der Waals surface area contributed by atoms with Crippen LogP contribution >= 0.6 is 0 Å². The minimum atomic E-state index is -0.0403. The number of fused-ring (bicyclic) bond motifs is 1. The molecule has 4 heterocycles. The minimum absolute atomic E-state index is 0.0403. The van der Waals surface area contributed by atoms with Crippen LogP contribution in [0, 0.1) is 0 Å². The topological polar surface area (TPSA) is 68.2 Å². The molecule has 7 heteroatoms. The zero-order valence-electron chi connectivity index (χ0n) is 14.8. The van der Waals surface area contributed by atoms with E-state index in [1.807, 2.05) is 48.3 Å². The molecule has 1 atom stereocenters. The van der Waals surface area contributed by atoms with E-state index in [1.54, 1.807) is 6.26 Å². The summed E-state index contributed by atoms with van der Waals surface area (Å²) in [4.78, 5) is 14.6. The van der Waals surface area contributed by atoms with Crippen molar-refractivity contribution >= 4 is 5.91 Å². The van der Waals surface area contributed by atoms with Crippen molar-refractivity contribution < 1.29 is 9.21 Å². The Morgan fingerprint density at radius 1 is 1.35 bits per heavy atom. The molecule has 0 saturated carbocycles. The molecule has 0 bridgehead atoms. The Balaban J connectivity index is 1.37. The van der Waals surface area contributed by atoms with Crippen LogP contribution in [0.25, 0.3) is 0 Å². The molecular formula is C19H23N5O2. The number of carbonyl (C=O) groups excluding carboxylic acids is 1. The second kappa shape index (κ2) is 7.21. The summed E-state index contributed by atoms with van der Waals surface area (Å²) < 4.78 is 9.40. The summed E-state index contributed by atoms with van der Waals surface area (Å²) in [6.45, 7) is 3.13. The quantitative estimate of drug-likeness (QED) is 0.738. The number of aromatic nitrogens is 3. The number of hydrogen-bond donors (Lipinski definition) is 1. The van der Waals surface area contributed by atoms with E-state index in [4.69, 9.17) is 4.42 Å². The fraction of sp³-hybridized carbons (Fsp3) is 0.368. The lowest BCUT2D eigenvalue weighted by molar-refractivity contribution is 0.0938. The van der Waals surface area contributed by atoms with Crippen molar-refractivity contribution in [2.24, 2.45) is 7.05 Å². The van der Waals surface area contributed by atoms with Gasteiger partial charge in [0.05, 0.1) is 24.5 Å². The molecule has 26 heavy (non-hydrogen) atoms. The van der Waals surface area contributed by atoms with Crippen molar-refractivity contribution in [3.63, 3.8) is 0 Å². The third-order valence-corrected chi connectivity index (χ3v) is 4.85. The van der Waals surface area contributed by atoms with Crippen LogP contribution in [0.15, 0.2) is 53.4 Å². The van der Waals surface area contributed by atoms with Gasteiger partial charge in [-0.2, -0.15) is 5.10 Å². The van der Waals surface area contributed by atoms with E-state index in [-0.39, 0.29) is 11.9 Å². The first-order chi connectivity index (χ1) is 12.7. The van der Waals surface area contributed by atoms with Gasteiger partial charge in [0.1, 0.15) is 11.5 Å². The Labute approximate surface area is 152 Å². The smallest absolute Gasteiger partial charge is 0.267 e. The molecule has 3 aromatic heterocycles. The highest BCUT2D eigenvalue weighted by Crippen LogP contribution is 2.24. The number of furan rings is 1. The van der Waals surface area contributed by atoms with E-state index in [2.05, 4.69) is 26.1 Å². The van der Waals surface area contributed by atoms with Crippen molar-refractivity contribution in [1.29, 1.82) is 0 Å². The van der Waals surface area contributed by atoms with Gasteiger partial charge in [-0.05, 0) is 36.8 Å². The number of carbonyl (C=O) groups is 1.